The van der Waals surface area contributed by atoms with Gasteiger partial charge in [-0.2, -0.15) is 0 Å². The Hall–Kier alpha value is -2.38. The summed E-state index contributed by atoms with van der Waals surface area (Å²) in [5.41, 5.74) is 2.39. The molecule has 6 nitrogen and oxygen atoms in total. The second-order valence-corrected chi connectivity index (χ2v) is 7.89. The van der Waals surface area contributed by atoms with Crippen LogP contribution in [0.3, 0.4) is 0 Å². The zero-order chi connectivity index (χ0) is 19.9. The van der Waals surface area contributed by atoms with E-state index >= 15 is 0 Å². The summed E-state index contributed by atoms with van der Waals surface area (Å²) in [5, 5.41) is 2.83. The smallest absolute Gasteiger partial charge is 0.261 e. The van der Waals surface area contributed by atoms with Gasteiger partial charge in [-0.3, -0.25) is 9.52 Å². The van der Waals surface area contributed by atoms with E-state index in [0.717, 1.165) is 12.0 Å². The molecule has 0 saturated heterocycles. The zero-order valence-electron chi connectivity index (χ0n) is 15.9. The summed E-state index contributed by atoms with van der Waals surface area (Å²) >= 11 is 0. The fourth-order valence-electron chi connectivity index (χ4n) is 2.53. The van der Waals surface area contributed by atoms with Gasteiger partial charge in [0.05, 0.1) is 10.6 Å². The van der Waals surface area contributed by atoms with Gasteiger partial charge in [0.25, 0.3) is 15.9 Å². The zero-order valence-corrected chi connectivity index (χ0v) is 16.7. The summed E-state index contributed by atoms with van der Waals surface area (Å²) in [7, 11) is -3.72. The second-order valence-electron chi connectivity index (χ2n) is 6.20. The lowest BCUT2D eigenvalue weighted by molar-refractivity contribution is 0.0943. The summed E-state index contributed by atoms with van der Waals surface area (Å²) in [6, 6.07) is 11.6. The maximum atomic E-state index is 12.6. The minimum Gasteiger partial charge on any atom is -0.382 e. The van der Waals surface area contributed by atoms with Crippen molar-refractivity contribution < 1.29 is 17.9 Å². The van der Waals surface area contributed by atoms with E-state index in [1.165, 1.54) is 0 Å². The molecule has 0 atom stereocenters. The molecule has 0 aromatic heterocycles. The Kier molecular flexibility index (Phi) is 7.38. The van der Waals surface area contributed by atoms with Crippen molar-refractivity contribution in [1.29, 1.82) is 0 Å². The molecular weight excluding hydrogens is 364 g/mol. The molecule has 0 aliphatic carbocycles. The lowest BCUT2D eigenvalue weighted by Gasteiger charge is -2.14. The number of nitrogens with one attached hydrogen (secondary N) is 2. The average Bonchev–Trinajstić information content (AvgIpc) is 2.63. The van der Waals surface area contributed by atoms with E-state index in [1.807, 2.05) is 13.8 Å². The van der Waals surface area contributed by atoms with Crippen LogP contribution in [0.2, 0.25) is 0 Å². The van der Waals surface area contributed by atoms with Crippen molar-refractivity contribution in [3.05, 3.63) is 59.2 Å². The van der Waals surface area contributed by atoms with E-state index in [2.05, 4.69) is 10.0 Å². The molecule has 0 aliphatic rings. The summed E-state index contributed by atoms with van der Waals surface area (Å²) in [5.74, 6) is -0.236. The lowest BCUT2D eigenvalue weighted by Crippen LogP contribution is -2.26. The van der Waals surface area contributed by atoms with E-state index in [9.17, 15) is 13.2 Å². The normalized spacial score (nSPS) is 11.2. The van der Waals surface area contributed by atoms with Crippen molar-refractivity contribution in [2.45, 2.75) is 32.1 Å². The molecular formula is C20H26N2O4S. The fraction of sp³-hybridized carbons (Fsp3) is 0.350. The standard InChI is InChI=1S/C20H26N2O4S/c1-4-26-14-6-13-21-20(23)18-7-5-8-19(16(18)3)22-27(24,25)17-11-9-15(2)10-12-17/h5,7-12,22H,4,6,13-14H2,1-3H3,(H,21,23). The molecule has 2 rings (SSSR count). The second kappa shape index (κ2) is 9.53. The molecule has 0 fully saturated rings. The quantitative estimate of drug-likeness (QED) is 0.644. The van der Waals surface area contributed by atoms with Crippen molar-refractivity contribution in [2.75, 3.05) is 24.5 Å². The number of amides is 1. The van der Waals surface area contributed by atoms with Gasteiger partial charge in [-0.05, 0) is 57.0 Å². The largest absolute Gasteiger partial charge is 0.382 e. The molecule has 7 heteroatoms. The van der Waals surface area contributed by atoms with E-state index in [1.54, 1.807) is 49.4 Å². The molecule has 1 amide bonds. The van der Waals surface area contributed by atoms with Gasteiger partial charge in [0.2, 0.25) is 0 Å². The Morgan fingerprint density at radius 2 is 1.78 bits per heavy atom. The van der Waals surface area contributed by atoms with Gasteiger partial charge < -0.3 is 10.1 Å². The molecule has 27 heavy (non-hydrogen) atoms. The van der Waals surface area contributed by atoms with Crippen LogP contribution < -0.4 is 10.0 Å². The van der Waals surface area contributed by atoms with E-state index in [0.29, 0.717) is 36.6 Å². The minimum absolute atomic E-state index is 0.179. The molecule has 146 valence electrons. The van der Waals surface area contributed by atoms with Gasteiger partial charge in [-0.15, -0.1) is 0 Å². The third-order valence-corrected chi connectivity index (χ3v) is 5.49. The van der Waals surface area contributed by atoms with E-state index in [-0.39, 0.29) is 10.8 Å². The minimum atomic E-state index is -3.72. The van der Waals surface area contributed by atoms with Crippen LogP contribution in [0.15, 0.2) is 47.4 Å². The van der Waals surface area contributed by atoms with Gasteiger partial charge >= 0.3 is 0 Å². The number of rotatable bonds is 9. The molecule has 2 N–H and O–H groups in total. The van der Waals surface area contributed by atoms with Crippen LogP contribution >= 0.6 is 0 Å². The van der Waals surface area contributed by atoms with Crippen LogP contribution in [-0.2, 0) is 14.8 Å². The monoisotopic (exact) mass is 390 g/mol. The average molecular weight is 391 g/mol. The highest BCUT2D eigenvalue weighted by molar-refractivity contribution is 7.92. The molecule has 2 aromatic carbocycles. The number of anilines is 1. The number of carbonyl (C=O) groups excluding carboxylic acids is 1. The molecule has 0 aliphatic heterocycles. The molecule has 0 spiro atoms. The predicted octanol–water partition coefficient (Wildman–Crippen LogP) is 3.26. The number of hydrogen-bond acceptors (Lipinski definition) is 4. The summed E-state index contributed by atoms with van der Waals surface area (Å²) in [6.45, 7) is 7.28. The summed E-state index contributed by atoms with van der Waals surface area (Å²) < 4.78 is 33.0. The molecule has 0 bridgehead atoms. The van der Waals surface area contributed by atoms with Crippen LogP contribution in [0.5, 0.6) is 0 Å². The first-order valence-corrected chi connectivity index (χ1v) is 10.4. The maximum absolute atomic E-state index is 12.6. The van der Waals surface area contributed by atoms with E-state index < -0.39 is 10.0 Å². The van der Waals surface area contributed by atoms with Crippen molar-refractivity contribution >= 4 is 21.6 Å². The third-order valence-electron chi connectivity index (χ3n) is 4.11. The molecule has 0 heterocycles. The topological polar surface area (TPSA) is 84.5 Å². The first-order chi connectivity index (χ1) is 12.8. The first kappa shape index (κ1) is 20.9. The van der Waals surface area contributed by atoms with Crippen molar-refractivity contribution in [3.8, 4) is 0 Å². The molecule has 0 unspecified atom stereocenters. The number of sulfonamides is 1. The third kappa shape index (κ3) is 5.80. The number of aryl methyl sites for hydroxylation is 1. The highest BCUT2D eigenvalue weighted by Crippen LogP contribution is 2.22. The van der Waals surface area contributed by atoms with Crippen LogP contribution in [0.1, 0.15) is 34.8 Å². The Morgan fingerprint density at radius 1 is 1.07 bits per heavy atom. The first-order valence-electron chi connectivity index (χ1n) is 8.90. The molecule has 0 radical (unpaired) electrons. The van der Waals surface area contributed by atoms with Crippen LogP contribution in [0, 0.1) is 13.8 Å². The van der Waals surface area contributed by atoms with Gasteiger partial charge in [0, 0.05) is 25.3 Å². The number of benzene rings is 2. The highest BCUT2D eigenvalue weighted by Gasteiger charge is 2.17. The van der Waals surface area contributed by atoms with Gasteiger partial charge in [0.1, 0.15) is 0 Å². The van der Waals surface area contributed by atoms with Crippen LogP contribution in [0.4, 0.5) is 5.69 Å². The Morgan fingerprint density at radius 3 is 2.44 bits per heavy atom. The Bertz CT molecular complexity index is 877. The van der Waals surface area contributed by atoms with Crippen LogP contribution in [0.25, 0.3) is 0 Å². The Labute approximate surface area is 161 Å². The van der Waals surface area contributed by atoms with Crippen molar-refractivity contribution in [2.24, 2.45) is 0 Å². The SMILES string of the molecule is CCOCCCNC(=O)c1cccc(NS(=O)(=O)c2ccc(C)cc2)c1C. The van der Waals surface area contributed by atoms with Crippen molar-refractivity contribution in [3.63, 3.8) is 0 Å². The molecule has 2 aromatic rings. The van der Waals surface area contributed by atoms with Gasteiger partial charge in [-0.25, -0.2) is 8.42 Å². The lowest BCUT2D eigenvalue weighted by atomic mass is 10.1. The van der Waals surface area contributed by atoms with Gasteiger partial charge in [0.15, 0.2) is 0 Å². The predicted molar refractivity (Wildman–Crippen MR) is 107 cm³/mol. The fourth-order valence-corrected chi connectivity index (χ4v) is 3.65. The molecule has 0 saturated carbocycles. The number of ether oxygens (including phenoxy) is 1. The maximum Gasteiger partial charge on any atom is 0.261 e. The van der Waals surface area contributed by atoms with Gasteiger partial charge in [-0.1, -0.05) is 23.8 Å². The summed E-state index contributed by atoms with van der Waals surface area (Å²) in [4.78, 5) is 12.6. The number of carbonyl (C=O) groups is 1. The Balaban J connectivity index is 2.11. The van der Waals surface area contributed by atoms with E-state index in [4.69, 9.17) is 4.74 Å². The number of hydrogen-bond donors (Lipinski definition) is 2. The summed E-state index contributed by atoms with van der Waals surface area (Å²) in [6.07, 6.45) is 0.721. The van der Waals surface area contributed by atoms with Crippen LogP contribution in [-0.4, -0.2) is 34.1 Å². The van der Waals surface area contributed by atoms with Crippen molar-refractivity contribution in [1.82, 2.24) is 5.32 Å². The highest BCUT2D eigenvalue weighted by atomic mass is 32.2.